The fraction of sp³-hybridized carbons (Fsp3) is 0.750. The molecule has 64 valence electrons. The van der Waals surface area contributed by atoms with E-state index in [1.807, 2.05) is 13.8 Å². The van der Waals surface area contributed by atoms with E-state index >= 15 is 0 Å². The second-order valence-electron chi connectivity index (χ2n) is 2.96. The molecular formula is C8H14O3. The third-order valence-electron chi connectivity index (χ3n) is 1.01. The molecule has 3 nitrogen and oxygen atoms in total. The smallest absolute Gasteiger partial charge is 0.306 e. The highest BCUT2D eigenvalue weighted by Gasteiger charge is 2.06. The molecule has 0 bridgehead atoms. The minimum absolute atomic E-state index is 0.0917. The van der Waals surface area contributed by atoms with Crippen LogP contribution in [0, 0.1) is 5.92 Å². The van der Waals surface area contributed by atoms with Crippen molar-refractivity contribution in [2.75, 3.05) is 6.61 Å². The van der Waals surface area contributed by atoms with Crippen LogP contribution in [0.25, 0.3) is 0 Å². The summed E-state index contributed by atoms with van der Waals surface area (Å²) < 4.78 is 4.63. The van der Waals surface area contributed by atoms with Crippen molar-refractivity contribution in [1.29, 1.82) is 0 Å². The van der Waals surface area contributed by atoms with Crippen molar-refractivity contribution < 1.29 is 14.3 Å². The molecule has 0 amide bonds. The van der Waals surface area contributed by atoms with Crippen LogP contribution >= 0.6 is 0 Å². The van der Waals surface area contributed by atoms with E-state index in [1.54, 1.807) is 0 Å². The number of ether oxygens (including phenoxy) is 1. The van der Waals surface area contributed by atoms with Crippen LogP contribution in [0.4, 0.5) is 0 Å². The maximum Gasteiger partial charge on any atom is 0.306 e. The summed E-state index contributed by atoms with van der Waals surface area (Å²) in [5.74, 6) is -0.133. The van der Waals surface area contributed by atoms with E-state index in [1.165, 1.54) is 6.92 Å². The average molecular weight is 158 g/mol. The van der Waals surface area contributed by atoms with Crippen molar-refractivity contribution in [2.24, 2.45) is 5.92 Å². The Labute approximate surface area is 66.7 Å². The van der Waals surface area contributed by atoms with Gasteiger partial charge in [0.1, 0.15) is 6.61 Å². The summed E-state index contributed by atoms with van der Waals surface area (Å²) in [7, 11) is 0. The lowest BCUT2D eigenvalue weighted by molar-refractivity contribution is -0.148. The number of hydrogen-bond donors (Lipinski definition) is 0. The molecule has 0 aliphatic heterocycles. The summed E-state index contributed by atoms with van der Waals surface area (Å²) in [6.45, 7) is 5.15. The molecule has 0 heterocycles. The molecule has 3 heteroatoms. The van der Waals surface area contributed by atoms with Gasteiger partial charge in [-0.2, -0.15) is 0 Å². The molecule has 0 spiro atoms. The second kappa shape index (κ2) is 4.88. The Bertz CT molecular complexity index is 149. The highest BCUT2D eigenvalue weighted by atomic mass is 16.5. The lowest BCUT2D eigenvalue weighted by Gasteiger charge is -2.03. The first-order chi connectivity index (χ1) is 5.02. The molecule has 0 aliphatic carbocycles. The van der Waals surface area contributed by atoms with Gasteiger partial charge in [0.05, 0.1) is 0 Å². The molecule has 0 saturated carbocycles. The fourth-order valence-electron chi connectivity index (χ4n) is 0.574. The van der Waals surface area contributed by atoms with Crippen molar-refractivity contribution in [3.8, 4) is 0 Å². The number of carbonyl (C=O) groups is 2. The van der Waals surface area contributed by atoms with Gasteiger partial charge >= 0.3 is 5.97 Å². The minimum Gasteiger partial charge on any atom is -0.458 e. The normalized spacial score (nSPS) is 9.82. The maximum absolute atomic E-state index is 10.8. The Morgan fingerprint density at radius 3 is 2.27 bits per heavy atom. The first kappa shape index (κ1) is 10.1. The van der Waals surface area contributed by atoms with Crippen LogP contribution in [0.3, 0.4) is 0 Å². The Kier molecular flexibility index (Phi) is 4.50. The van der Waals surface area contributed by atoms with Crippen molar-refractivity contribution in [1.82, 2.24) is 0 Å². The molecule has 0 N–H and O–H groups in total. The van der Waals surface area contributed by atoms with E-state index in [4.69, 9.17) is 0 Å². The zero-order chi connectivity index (χ0) is 8.85. The minimum atomic E-state index is -0.296. The van der Waals surface area contributed by atoms with Gasteiger partial charge in [0.2, 0.25) is 0 Å². The highest BCUT2D eigenvalue weighted by Crippen LogP contribution is 2.00. The zero-order valence-corrected chi connectivity index (χ0v) is 7.22. The molecule has 0 aromatic rings. The first-order valence-corrected chi connectivity index (χ1v) is 3.67. The quantitative estimate of drug-likeness (QED) is 0.577. The maximum atomic E-state index is 10.8. The van der Waals surface area contributed by atoms with Gasteiger partial charge in [-0.25, -0.2) is 0 Å². The van der Waals surface area contributed by atoms with Gasteiger partial charge in [-0.15, -0.1) is 0 Å². The summed E-state index contributed by atoms with van der Waals surface area (Å²) in [5, 5.41) is 0. The summed E-state index contributed by atoms with van der Waals surface area (Å²) in [6, 6.07) is 0. The topological polar surface area (TPSA) is 43.4 Å². The molecule has 0 aromatic heterocycles. The molecule has 0 aliphatic rings. The van der Waals surface area contributed by atoms with Crippen LogP contribution in [-0.2, 0) is 14.3 Å². The summed E-state index contributed by atoms with van der Waals surface area (Å²) in [4.78, 5) is 21.1. The fourth-order valence-corrected chi connectivity index (χ4v) is 0.574. The van der Waals surface area contributed by atoms with Crippen LogP contribution in [0.1, 0.15) is 27.2 Å². The van der Waals surface area contributed by atoms with Gasteiger partial charge in [-0.05, 0) is 12.8 Å². The van der Waals surface area contributed by atoms with E-state index in [-0.39, 0.29) is 24.3 Å². The van der Waals surface area contributed by atoms with Gasteiger partial charge < -0.3 is 4.74 Å². The van der Waals surface area contributed by atoms with Gasteiger partial charge in [0.15, 0.2) is 5.78 Å². The van der Waals surface area contributed by atoms with Crippen molar-refractivity contribution in [2.45, 2.75) is 27.2 Å². The van der Waals surface area contributed by atoms with E-state index < -0.39 is 0 Å². The van der Waals surface area contributed by atoms with Crippen LogP contribution < -0.4 is 0 Å². The molecule has 0 saturated heterocycles. The van der Waals surface area contributed by atoms with Crippen molar-refractivity contribution in [3.63, 3.8) is 0 Å². The van der Waals surface area contributed by atoms with Crippen molar-refractivity contribution >= 4 is 11.8 Å². The lowest BCUT2D eigenvalue weighted by atomic mass is 10.1. The third-order valence-corrected chi connectivity index (χ3v) is 1.01. The highest BCUT2D eigenvalue weighted by molar-refractivity contribution is 5.80. The van der Waals surface area contributed by atoms with Crippen LogP contribution in [0.2, 0.25) is 0 Å². The van der Waals surface area contributed by atoms with Crippen LogP contribution in [-0.4, -0.2) is 18.4 Å². The van der Waals surface area contributed by atoms with Gasteiger partial charge in [0, 0.05) is 6.42 Å². The average Bonchev–Trinajstić information content (AvgIpc) is 1.82. The molecular weight excluding hydrogens is 144 g/mol. The predicted molar refractivity (Wildman–Crippen MR) is 41.1 cm³/mol. The Morgan fingerprint density at radius 2 is 1.91 bits per heavy atom. The number of esters is 1. The standard InChI is InChI=1S/C8H14O3/c1-6(2)4-8(10)11-5-7(3)9/h6H,4-5H2,1-3H3. The van der Waals surface area contributed by atoms with Gasteiger partial charge in [-0.3, -0.25) is 9.59 Å². The Hall–Kier alpha value is -0.860. The predicted octanol–water partition coefficient (Wildman–Crippen LogP) is 1.16. The molecule has 0 unspecified atom stereocenters. The lowest BCUT2D eigenvalue weighted by Crippen LogP contribution is -2.12. The van der Waals surface area contributed by atoms with E-state index in [9.17, 15) is 9.59 Å². The van der Waals surface area contributed by atoms with Crippen LogP contribution in [0.5, 0.6) is 0 Å². The van der Waals surface area contributed by atoms with Crippen LogP contribution in [0.15, 0.2) is 0 Å². The zero-order valence-electron chi connectivity index (χ0n) is 7.22. The third kappa shape index (κ3) is 7.03. The van der Waals surface area contributed by atoms with Crippen molar-refractivity contribution in [3.05, 3.63) is 0 Å². The molecule has 0 fully saturated rings. The summed E-state index contributed by atoms with van der Waals surface area (Å²) in [6.07, 6.45) is 0.382. The number of Topliss-reactive ketones (excluding diaryl/α,β-unsaturated/α-hetero) is 1. The largest absolute Gasteiger partial charge is 0.458 e. The van der Waals surface area contributed by atoms with Gasteiger partial charge in [-0.1, -0.05) is 13.8 Å². The molecule has 11 heavy (non-hydrogen) atoms. The Morgan fingerprint density at radius 1 is 1.36 bits per heavy atom. The van der Waals surface area contributed by atoms with E-state index in [0.717, 1.165) is 0 Å². The summed E-state index contributed by atoms with van der Waals surface area (Å²) in [5.41, 5.74) is 0. The second-order valence-corrected chi connectivity index (χ2v) is 2.96. The number of hydrogen-bond acceptors (Lipinski definition) is 3. The number of carbonyl (C=O) groups excluding carboxylic acids is 2. The van der Waals surface area contributed by atoms with E-state index in [0.29, 0.717) is 6.42 Å². The first-order valence-electron chi connectivity index (χ1n) is 3.67. The number of rotatable bonds is 4. The Balaban J connectivity index is 3.45. The number of ketones is 1. The molecule has 0 radical (unpaired) electrons. The molecule has 0 atom stereocenters. The SMILES string of the molecule is CC(=O)COC(=O)CC(C)C. The van der Waals surface area contributed by atoms with Gasteiger partial charge in [0.25, 0.3) is 0 Å². The van der Waals surface area contributed by atoms with E-state index in [2.05, 4.69) is 4.74 Å². The molecule has 0 rings (SSSR count). The molecule has 0 aromatic carbocycles. The summed E-state index contributed by atoms with van der Waals surface area (Å²) >= 11 is 0. The monoisotopic (exact) mass is 158 g/mol.